The van der Waals surface area contributed by atoms with Crippen LogP contribution in [0.25, 0.3) is 11.1 Å². The van der Waals surface area contributed by atoms with Crippen molar-refractivity contribution in [3.05, 3.63) is 59.2 Å². The van der Waals surface area contributed by atoms with Crippen LogP contribution >= 0.6 is 0 Å². The molecule has 19 heavy (non-hydrogen) atoms. The van der Waals surface area contributed by atoms with Crippen LogP contribution in [0.3, 0.4) is 0 Å². The Kier molecular flexibility index (Phi) is 3.97. The number of hydrogen-bond acceptors (Lipinski definition) is 1. The Labute approximate surface area is 155 Å². The first kappa shape index (κ1) is 13.9. The van der Waals surface area contributed by atoms with Crippen LogP contribution < -0.4 is 0 Å². The molecule has 0 spiro atoms. The largest absolute Gasteiger partial charge is 0.299 e. The number of benzene rings is 2. The molecule has 2 aromatic carbocycles. The van der Waals surface area contributed by atoms with Crippen molar-refractivity contribution >= 4 is 0 Å². The standard InChI is InChI=1S/C17H17N.Eu/c1-18-10-9-12-6-4-8-15-14-7-3-2-5-13(14)11-16(18)17(12)15;/h2-8,16H,9-11H2,1H3;. The number of nitrogens with zero attached hydrogens (tertiary/aromatic N) is 1. The van der Waals surface area contributed by atoms with Crippen molar-refractivity contribution in [3.63, 3.8) is 0 Å². The van der Waals surface area contributed by atoms with Crippen LogP contribution in [0.4, 0.5) is 0 Å². The number of likely N-dealkylation sites (N-methyl/N-ethyl adjacent to an activating group) is 1. The second-order valence-corrected chi connectivity index (χ2v) is 5.49. The molecular weight excluding hydrogens is 370 g/mol. The summed E-state index contributed by atoms with van der Waals surface area (Å²) in [5.74, 6) is 0. The molecule has 0 aromatic heterocycles. The van der Waals surface area contributed by atoms with Crippen LogP contribution in [0.1, 0.15) is 22.7 Å². The maximum atomic E-state index is 2.52. The van der Waals surface area contributed by atoms with Gasteiger partial charge in [-0.1, -0.05) is 42.5 Å². The van der Waals surface area contributed by atoms with Crippen molar-refractivity contribution in [2.45, 2.75) is 18.9 Å². The number of hydrogen-bond donors (Lipinski definition) is 0. The average molecular weight is 387 g/mol. The molecule has 2 aromatic rings. The third-order valence-corrected chi connectivity index (χ3v) is 4.52. The molecular formula is C17H17EuN. The minimum absolute atomic E-state index is 0. The summed E-state index contributed by atoms with van der Waals surface area (Å²) < 4.78 is 0. The van der Waals surface area contributed by atoms with Gasteiger partial charge in [0.2, 0.25) is 0 Å². The quantitative estimate of drug-likeness (QED) is 0.670. The molecule has 1 nitrogen and oxygen atoms in total. The summed E-state index contributed by atoms with van der Waals surface area (Å²) in [6.07, 6.45) is 2.36. The molecule has 1 atom stereocenters. The maximum Gasteiger partial charge on any atom is 0.0394 e. The zero-order valence-corrected chi connectivity index (χ0v) is 13.5. The average Bonchev–Trinajstić information content (AvgIpc) is 2.43. The van der Waals surface area contributed by atoms with Crippen molar-refractivity contribution in [3.8, 4) is 11.1 Å². The Morgan fingerprint density at radius 2 is 1.68 bits per heavy atom. The van der Waals surface area contributed by atoms with Gasteiger partial charge in [0, 0.05) is 62.0 Å². The van der Waals surface area contributed by atoms with E-state index in [4.69, 9.17) is 0 Å². The molecule has 2 heteroatoms. The van der Waals surface area contributed by atoms with Crippen LogP contribution in [-0.2, 0) is 12.8 Å². The summed E-state index contributed by atoms with van der Waals surface area (Å²) >= 11 is 0. The van der Waals surface area contributed by atoms with Gasteiger partial charge in [-0.3, -0.25) is 4.90 Å². The first-order chi connectivity index (χ1) is 8.84. The van der Waals surface area contributed by atoms with Gasteiger partial charge in [0.15, 0.2) is 0 Å². The maximum absolute atomic E-state index is 2.52. The third kappa shape index (κ3) is 2.17. The number of fused-ring (bicyclic) bond motifs is 2. The van der Waals surface area contributed by atoms with Gasteiger partial charge in [0.25, 0.3) is 0 Å². The van der Waals surface area contributed by atoms with Gasteiger partial charge in [0.1, 0.15) is 0 Å². The summed E-state index contributed by atoms with van der Waals surface area (Å²) in [7, 11) is 2.26. The molecule has 1 heterocycles. The van der Waals surface area contributed by atoms with Crippen LogP contribution in [0.5, 0.6) is 0 Å². The summed E-state index contributed by atoms with van der Waals surface area (Å²) in [5.41, 5.74) is 7.56. The zero-order valence-electron chi connectivity index (χ0n) is 11.1. The van der Waals surface area contributed by atoms with E-state index in [-0.39, 0.29) is 49.4 Å². The van der Waals surface area contributed by atoms with E-state index in [9.17, 15) is 0 Å². The molecule has 1 radical (unpaired) electrons. The fourth-order valence-electron chi connectivity index (χ4n) is 3.56. The van der Waals surface area contributed by atoms with E-state index >= 15 is 0 Å². The van der Waals surface area contributed by atoms with Crippen molar-refractivity contribution < 1.29 is 49.4 Å². The number of rotatable bonds is 0. The molecule has 0 amide bonds. The van der Waals surface area contributed by atoms with Gasteiger partial charge in [-0.25, -0.2) is 0 Å². The molecule has 0 bridgehead atoms. The monoisotopic (exact) mass is 388 g/mol. The van der Waals surface area contributed by atoms with Crippen molar-refractivity contribution in [2.75, 3.05) is 13.6 Å². The molecule has 0 saturated carbocycles. The summed E-state index contributed by atoms with van der Waals surface area (Å²) in [6.45, 7) is 1.18. The fourth-order valence-corrected chi connectivity index (χ4v) is 3.56. The van der Waals surface area contributed by atoms with Crippen LogP contribution in [0.15, 0.2) is 42.5 Å². The van der Waals surface area contributed by atoms with Gasteiger partial charge >= 0.3 is 0 Å². The minimum atomic E-state index is 0. The molecule has 1 unspecified atom stereocenters. The smallest absolute Gasteiger partial charge is 0.0394 e. The van der Waals surface area contributed by atoms with E-state index in [0.717, 1.165) is 6.42 Å². The first-order valence-corrected chi connectivity index (χ1v) is 6.75. The van der Waals surface area contributed by atoms with Crippen LogP contribution in [-0.4, -0.2) is 18.5 Å². The molecule has 4 rings (SSSR count). The second-order valence-electron chi connectivity index (χ2n) is 5.49. The zero-order chi connectivity index (χ0) is 12.1. The van der Waals surface area contributed by atoms with E-state index in [1.54, 1.807) is 11.1 Å². The fraction of sp³-hybridized carbons (Fsp3) is 0.294. The van der Waals surface area contributed by atoms with E-state index in [1.165, 1.54) is 29.7 Å². The van der Waals surface area contributed by atoms with Gasteiger partial charge in [0.05, 0.1) is 0 Å². The molecule has 2 aliphatic rings. The molecule has 0 fully saturated rings. The van der Waals surface area contributed by atoms with Gasteiger partial charge in [-0.05, 0) is 47.7 Å². The first-order valence-electron chi connectivity index (χ1n) is 6.75. The molecule has 1 aliphatic carbocycles. The molecule has 1 aliphatic heterocycles. The predicted molar refractivity (Wildman–Crippen MR) is 74.7 cm³/mol. The second kappa shape index (κ2) is 5.40. The Morgan fingerprint density at radius 1 is 0.947 bits per heavy atom. The molecule has 0 saturated heterocycles. The Bertz CT molecular complexity index is 620. The van der Waals surface area contributed by atoms with Crippen LogP contribution in [0, 0.1) is 49.4 Å². The van der Waals surface area contributed by atoms with E-state index in [0.29, 0.717) is 6.04 Å². The molecule has 97 valence electrons. The van der Waals surface area contributed by atoms with Gasteiger partial charge < -0.3 is 0 Å². The Hall–Kier alpha value is -0.0156. The van der Waals surface area contributed by atoms with Crippen molar-refractivity contribution in [1.82, 2.24) is 4.90 Å². The SMILES string of the molecule is CN1CCc2cccc3c2C1Cc1ccccc1-3.[Eu]. The summed E-state index contributed by atoms with van der Waals surface area (Å²) in [5, 5.41) is 0. The van der Waals surface area contributed by atoms with E-state index in [1.807, 2.05) is 0 Å². The minimum Gasteiger partial charge on any atom is -0.299 e. The predicted octanol–water partition coefficient (Wildman–Crippen LogP) is 3.44. The van der Waals surface area contributed by atoms with Crippen LogP contribution in [0.2, 0.25) is 0 Å². The Morgan fingerprint density at radius 3 is 2.58 bits per heavy atom. The van der Waals surface area contributed by atoms with Gasteiger partial charge in [-0.2, -0.15) is 0 Å². The third-order valence-electron chi connectivity index (χ3n) is 4.52. The van der Waals surface area contributed by atoms with E-state index in [2.05, 4.69) is 54.4 Å². The molecule has 0 N–H and O–H groups in total. The Balaban J connectivity index is 0.00000110. The van der Waals surface area contributed by atoms with E-state index < -0.39 is 0 Å². The normalized spacial score (nSPS) is 20.2. The van der Waals surface area contributed by atoms with Crippen molar-refractivity contribution in [2.24, 2.45) is 0 Å². The van der Waals surface area contributed by atoms with Crippen molar-refractivity contribution in [1.29, 1.82) is 0 Å². The summed E-state index contributed by atoms with van der Waals surface area (Å²) in [4.78, 5) is 2.52. The summed E-state index contributed by atoms with van der Waals surface area (Å²) in [6, 6.07) is 16.3. The van der Waals surface area contributed by atoms with Gasteiger partial charge in [-0.15, -0.1) is 0 Å². The topological polar surface area (TPSA) is 3.24 Å².